The van der Waals surface area contributed by atoms with Gasteiger partial charge in [0.2, 0.25) is 0 Å². The van der Waals surface area contributed by atoms with Gasteiger partial charge < -0.3 is 15.2 Å². The fraction of sp³-hybridized carbons (Fsp3) is 0.417. The molecule has 2 aliphatic heterocycles. The Hall–Kier alpha value is -1.55. The molecule has 4 heteroatoms. The van der Waals surface area contributed by atoms with E-state index < -0.39 is 0 Å². The average molecular weight is 219 g/mol. The number of fused-ring (bicyclic) bond motifs is 3. The Bertz CT molecular complexity index is 468. The molecular formula is C12H13NO3. The monoisotopic (exact) mass is 219 g/mol. The Balaban J connectivity index is 2.20. The zero-order valence-electron chi connectivity index (χ0n) is 8.91. The molecule has 4 nitrogen and oxygen atoms in total. The molecule has 2 N–H and O–H groups in total. The summed E-state index contributed by atoms with van der Waals surface area (Å²) in [6, 6.07) is 1.92. The van der Waals surface area contributed by atoms with Gasteiger partial charge in [-0.25, -0.2) is 0 Å². The normalized spacial score (nSPS) is 16.3. The Labute approximate surface area is 93.3 Å². The number of nitrogens with two attached hydrogens (primary N) is 1. The highest BCUT2D eigenvalue weighted by molar-refractivity contribution is 6.00. The standard InChI is InChI=1S/C12H13NO3/c13-6-10(14)9-5-7-1-3-15-11(7)12-8(9)2-4-16-12/h5H,1-4,6,13H2. The van der Waals surface area contributed by atoms with E-state index in [-0.39, 0.29) is 12.3 Å². The van der Waals surface area contributed by atoms with E-state index in [0.717, 1.165) is 41.0 Å². The molecule has 0 aromatic heterocycles. The van der Waals surface area contributed by atoms with Crippen molar-refractivity contribution in [1.29, 1.82) is 0 Å². The van der Waals surface area contributed by atoms with Gasteiger partial charge in [0, 0.05) is 29.5 Å². The summed E-state index contributed by atoms with van der Waals surface area (Å²) in [4.78, 5) is 11.8. The number of rotatable bonds is 2. The molecule has 0 saturated heterocycles. The molecule has 0 fully saturated rings. The molecule has 84 valence electrons. The first-order valence-electron chi connectivity index (χ1n) is 5.49. The third-order valence-corrected chi connectivity index (χ3v) is 3.12. The highest BCUT2D eigenvalue weighted by Crippen LogP contribution is 2.43. The third-order valence-electron chi connectivity index (χ3n) is 3.12. The Morgan fingerprint density at radius 3 is 2.81 bits per heavy atom. The Morgan fingerprint density at radius 1 is 1.25 bits per heavy atom. The van der Waals surface area contributed by atoms with Crippen molar-refractivity contribution in [1.82, 2.24) is 0 Å². The van der Waals surface area contributed by atoms with Crippen molar-refractivity contribution in [3.63, 3.8) is 0 Å². The van der Waals surface area contributed by atoms with Crippen LogP contribution in [0.15, 0.2) is 6.07 Å². The quantitative estimate of drug-likeness (QED) is 0.744. The van der Waals surface area contributed by atoms with Gasteiger partial charge in [0.05, 0.1) is 19.8 Å². The molecule has 1 aromatic carbocycles. The van der Waals surface area contributed by atoms with E-state index in [0.29, 0.717) is 13.2 Å². The van der Waals surface area contributed by atoms with Gasteiger partial charge in [0.25, 0.3) is 0 Å². The number of hydrogen-bond acceptors (Lipinski definition) is 4. The van der Waals surface area contributed by atoms with Gasteiger partial charge in [-0.15, -0.1) is 0 Å². The smallest absolute Gasteiger partial charge is 0.176 e. The predicted octanol–water partition coefficient (Wildman–Crippen LogP) is 0.698. The molecule has 0 amide bonds. The van der Waals surface area contributed by atoms with Crippen molar-refractivity contribution < 1.29 is 14.3 Å². The number of ketones is 1. The summed E-state index contributed by atoms with van der Waals surface area (Å²) in [5.74, 6) is 1.59. The number of carbonyl (C=O) groups is 1. The lowest BCUT2D eigenvalue weighted by Crippen LogP contribution is -2.15. The number of benzene rings is 1. The minimum absolute atomic E-state index is 0.0172. The van der Waals surface area contributed by atoms with Crippen LogP contribution < -0.4 is 15.2 Å². The Kier molecular flexibility index (Phi) is 2.11. The summed E-state index contributed by atoms with van der Waals surface area (Å²) in [7, 11) is 0. The molecule has 0 spiro atoms. The second kappa shape index (κ2) is 3.49. The fourth-order valence-electron chi connectivity index (χ4n) is 2.35. The van der Waals surface area contributed by atoms with E-state index in [1.165, 1.54) is 0 Å². The van der Waals surface area contributed by atoms with Crippen molar-refractivity contribution >= 4 is 5.78 Å². The lowest BCUT2D eigenvalue weighted by molar-refractivity contribution is 0.100. The lowest BCUT2D eigenvalue weighted by Gasteiger charge is -2.09. The van der Waals surface area contributed by atoms with E-state index in [1.54, 1.807) is 0 Å². The molecular weight excluding hydrogens is 206 g/mol. The lowest BCUT2D eigenvalue weighted by atomic mass is 9.97. The number of carbonyl (C=O) groups excluding carboxylic acids is 1. The average Bonchev–Trinajstić information content (AvgIpc) is 2.93. The highest BCUT2D eigenvalue weighted by Gasteiger charge is 2.29. The van der Waals surface area contributed by atoms with E-state index >= 15 is 0 Å². The van der Waals surface area contributed by atoms with Crippen molar-refractivity contribution in [2.75, 3.05) is 19.8 Å². The summed E-state index contributed by atoms with van der Waals surface area (Å²) in [5.41, 5.74) is 8.18. The number of Topliss-reactive ketones (excluding diaryl/α,β-unsaturated/α-hetero) is 1. The molecule has 0 atom stereocenters. The predicted molar refractivity (Wildman–Crippen MR) is 58.2 cm³/mol. The maximum Gasteiger partial charge on any atom is 0.176 e. The zero-order valence-corrected chi connectivity index (χ0v) is 8.91. The van der Waals surface area contributed by atoms with Crippen LogP contribution in [0.2, 0.25) is 0 Å². The molecule has 2 aliphatic rings. The maximum absolute atomic E-state index is 11.8. The van der Waals surface area contributed by atoms with Crippen LogP contribution in [0.4, 0.5) is 0 Å². The molecule has 0 bridgehead atoms. The van der Waals surface area contributed by atoms with Crippen molar-refractivity contribution in [2.24, 2.45) is 5.73 Å². The van der Waals surface area contributed by atoms with E-state index in [4.69, 9.17) is 15.2 Å². The summed E-state index contributed by atoms with van der Waals surface area (Å²) in [6.45, 7) is 1.34. The molecule has 0 aliphatic carbocycles. The second-order valence-electron chi connectivity index (χ2n) is 4.04. The minimum Gasteiger partial charge on any atom is -0.489 e. The summed E-state index contributed by atoms with van der Waals surface area (Å²) in [6.07, 6.45) is 1.61. The second-order valence-corrected chi connectivity index (χ2v) is 4.04. The fourth-order valence-corrected chi connectivity index (χ4v) is 2.35. The zero-order chi connectivity index (χ0) is 11.1. The van der Waals surface area contributed by atoms with Gasteiger partial charge in [0.1, 0.15) is 0 Å². The molecule has 2 heterocycles. The summed E-state index contributed by atoms with van der Waals surface area (Å²) < 4.78 is 11.1. The van der Waals surface area contributed by atoms with Crippen LogP contribution in [0.5, 0.6) is 11.5 Å². The largest absolute Gasteiger partial charge is 0.489 e. The van der Waals surface area contributed by atoms with Gasteiger partial charge in [-0.05, 0) is 6.07 Å². The molecule has 16 heavy (non-hydrogen) atoms. The molecule has 1 aromatic rings. The highest BCUT2D eigenvalue weighted by atomic mass is 16.5. The van der Waals surface area contributed by atoms with Crippen LogP contribution in [0, 0.1) is 0 Å². The van der Waals surface area contributed by atoms with Gasteiger partial charge in [-0.2, -0.15) is 0 Å². The minimum atomic E-state index is -0.0172. The van der Waals surface area contributed by atoms with Crippen LogP contribution >= 0.6 is 0 Å². The molecule has 0 radical (unpaired) electrons. The SMILES string of the molecule is NCC(=O)c1cc2c(c3c1CCO3)OCC2. The summed E-state index contributed by atoms with van der Waals surface area (Å²) in [5, 5.41) is 0. The number of ether oxygens (including phenoxy) is 2. The van der Waals surface area contributed by atoms with Gasteiger partial charge in [-0.1, -0.05) is 0 Å². The third kappa shape index (κ3) is 1.23. The van der Waals surface area contributed by atoms with Crippen molar-refractivity contribution in [3.05, 3.63) is 22.8 Å². The van der Waals surface area contributed by atoms with Crippen LogP contribution in [-0.4, -0.2) is 25.5 Å². The van der Waals surface area contributed by atoms with Gasteiger partial charge in [-0.3, -0.25) is 4.79 Å². The van der Waals surface area contributed by atoms with Crippen LogP contribution in [0.3, 0.4) is 0 Å². The molecule has 3 rings (SSSR count). The Morgan fingerprint density at radius 2 is 2.00 bits per heavy atom. The van der Waals surface area contributed by atoms with Gasteiger partial charge >= 0.3 is 0 Å². The van der Waals surface area contributed by atoms with E-state index in [1.807, 2.05) is 6.07 Å². The van der Waals surface area contributed by atoms with Crippen molar-refractivity contribution in [2.45, 2.75) is 12.8 Å². The van der Waals surface area contributed by atoms with E-state index in [2.05, 4.69) is 0 Å². The van der Waals surface area contributed by atoms with Crippen LogP contribution in [0.25, 0.3) is 0 Å². The topological polar surface area (TPSA) is 61.6 Å². The first kappa shape index (κ1) is 9.66. The first-order chi connectivity index (χ1) is 7.81. The van der Waals surface area contributed by atoms with Crippen LogP contribution in [-0.2, 0) is 12.8 Å². The van der Waals surface area contributed by atoms with Crippen LogP contribution in [0.1, 0.15) is 21.5 Å². The molecule has 0 unspecified atom stereocenters. The van der Waals surface area contributed by atoms with E-state index in [9.17, 15) is 4.79 Å². The van der Waals surface area contributed by atoms with Gasteiger partial charge in [0.15, 0.2) is 17.3 Å². The molecule has 0 saturated carbocycles. The number of hydrogen-bond donors (Lipinski definition) is 1. The maximum atomic E-state index is 11.8. The van der Waals surface area contributed by atoms with Crippen molar-refractivity contribution in [3.8, 4) is 11.5 Å². The first-order valence-corrected chi connectivity index (χ1v) is 5.49. The summed E-state index contributed by atoms with van der Waals surface area (Å²) >= 11 is 0.